The summed E-state index contributed by atoms with van der Waals surface area (Å²) in [4.78, 5) is 0. The molecule has 4 heteroatoms. The van der Waals surface area contributed by atoms with Crippen molar-refractivity contribution in [1.29, 1.82) is 0 Å². The second-order valence-electron chi connectivity index (χ2n) is 3.69. The molecule has 2 N–H and O–H groups in total. The first-order valence-corrected chi connectivity index (χ1v) is 5.72. The van der Waals surface area contributed by atoms with Gasteiger partial charge in [-0.3, -0.25) is 0 Å². The maximum Gasteiger partial charge on any atom is 0.0897 e. The van der Waals surface area contributed by atoms with Crippen molar-refractivity contribution in [3.8, 4) is 0 Å². The fourth-order valence-electron chi connectivity index (χ4n) is 1.40. The highest BCUT2D eigenvalue weighted by Gasteiger charge is 2.01. The number of hydrogen-bond acceptors (Lipinski definition) is 3. The zero-order valence-electron chi connectivity index (χ0n) is 9.45. The molecular weight excluding hydrogens is 226 g/mol. The van der Waals surface area contributed by atoms with E-state index < -0.39 is 6.10 Å². The van der Waals surface area contributed by atoms with Gasteiger partial charge in [-0.1, -0.05) is 23.7 Å². The standard InChI is InChI=1S/C12H18ClNO2/c1-16-9-12(15)8-14-7-6-10-2-4-11(13)5-3-10/h2-5,12,14-15H,6-9H2,1H3. The van der Waals surface area contributed by atoms with Crippen molar-refractivity contribution in [3.05, 3.63) is 34.9 Å². The first-order valence-electron chi connectivity index (χ1n) is 5.34. The highest BCUT2D eigenvalue weighted by molar-refractivity contribution is 6.30. The van der Waals surface area contributed by atoms with E-state index in [-0.39, 0.29) is 0 Å². The van der Waals surface area contributed by atoms with E-state index in [0.29, 0.717) is 13.2 Å². The van der Waals surface area contributed by atoms with Gasteiger partial charge in [0.25, 0.3) is 0 Å². The van der Waals surface area contributed by atoms with Crippen molar-refractivity contribution < 1.29 is 9.84 Å². The molecule has 16 heavy (non-hydrogen) atoms. The molecule has 0 aliphatic heterocycles. The first-order chi connectivity index (χ1) is 7.72. The van der Waals surface area contributed by atoms with Crippen LogP contribution in [0.4, 0.5) is 0 Å². The molecule has 0 aliphatic rings. The molecule has 1 aromatic carbocycles. The average molecular weight is 244 g/mol. The molecule has 3 nitrogen and oxygen atoms in total. The van der Waals surface area contributed by atoms with Crippen LogP contribution in [0, 0.1) is 0 Å². The van der Waals surface area contributed by atoms with Crippen LogP contribution in [0.2, 0.25) is 5.02 Å². The molecule has 1 aromatic rings. The van der Waals surface area contributed by atoms with Gasteiger partial charge in [-0.05, 0) is 30.7 Å². The van der Waals surface area contributed by atoms with Gasteiger partial charge in [0.05, 0.1) is 12.7 Å². The molecule has 0 fully saturated rings. The van der Waals surface area contributed by atoms with Crippen LogP contribution in [-0.4, -0.2) is 38.0 Å². The van der Waals surface area contributed by atoms with E-state index in [0.717, 1.165) is 18.0 Å². The highest BCUT2D eigenvalue weighted by Crippen LogP contribution is 2.09. The smallest absolute Gasteiger partial charge is 0.0897 e. The Morgan fingerprint density at radius 1 is 1.38 bits per heavy atom. The van der Waals surface area contributed by atoms with Gasteiger partial charge in [0.15, 0.2) is 0 Å². The molecule has 0 bridgehead atoms. The topological polar surface area (TPSA) is 41.5 Å². The van der Waals surface area contributed by atoms with Crippen molar-refractivity contribution in [1.82, 2.24) is 5.32 Å². The van der Waals surface area contributed by atoms with Crippen molar-refractivity contribution in [2.75, 3.05) is 26.8 Å². The molecule has 0 heterocycles. The van der Waals surface area contributed by atoms with Gasteiger partial charge in [0, 0.05) is 18.7 Å². The second kappa shape index (κ2) is 7.63. The second-order valence-corrected chi connectivity index (χ2v) is 4.13. The Balaban J connectivity index is 2.13. The molecule has 0 spiro atoms. The summed E-state index contributed by atoms with van der Waals surface area (Å²) in [5.74, 6) is 0. The largest absolute Gasteiger partial charge is 0.389 e. The number of rotatable bonds is 7. The molecular formula is C12H18ClNO2. The molecule has 90 valence electrons. The monoisotopic (exact) mass is 243 g/mol. The zero-order chi connectivity index (χ0) is 11.8. The summed E-state index contributed by atoms with van der Waals surface area (Å²) in [6.45, 7) is 1.76. The lowest BCUT2D eigenvalue weighted by molar-refractivity contribution is 0.0648. The van der Waals surface area contributed by atoms with Gasteiger partial charge < -0.3 is 15.2 Å². The Labute approximate surface area is 101 Å². The Hall–Kier alpha value is -0.610. The van der Waals surface area contributed by atoms with E-state index in [1.807, 2.05) is 24.3 Å². The lowest BCUT2D eigenvalue weighted by atomic mass is 10.1. The van der Waals surface area contributed by atoms with Crippen molar-refractivity contribution in [3.63, 3.8) is 0 Å². The third-order valence-electron chi connectivity index (χ3n) is 2.24. The Bertz CT molecular complexity index is 290. The van der Waals surface area contributed by atoms with Gasteiger partial charge in [-0.25, -0.2) is 0 Å². The van der Waals surface area contributed by atoms with Gasteiger partial charge in [-0.2, -0.15) is 0 Å². The Kier molecular flexibility index (Phi) is 6.42. The average Bonchev–Trinajstić information content (AvgIpc) is 2.27. The quantitative estimate of drug-likeness (QED) is 0.713. The number of ether oxygens (including phenoxy) is 1. The van der Waals surface area contributed by atoms with E-state index >= 15 is 0 Å². The molecule has 1 atom stereocenters. The van der Waals surface area contributed by atoms with E-state index in [1.165, 1.54) is 5.56 Å². The third-order valence-corrected chi connectivity index (χ3v) is 2.49. The third kappa shape index (κ3) is 5.47. The summed E-state index contributed by atoms with van der Waals surface area (Å²) in [5, 5.41) is 13.3. The van der Waals surface area contributed by atoms with Crippen LogP contribution in [0.5, 0.6) is 0 Å². The van der Waals surface area contributed by atoms with Crippen molar-refractivity contribution in [2.45, 2.75) is 12.5 Å². The maximum atomic E-state index is 9.38. The molecule has 0 saturated heterocycles. The number of benzene rings is 1. The van der Waals surface area contributed by atoms with E-state index in [9.17, 15) is 5.11 Å². The van der Waals surface area contributed by atoms with Gasteiger partial charge >= 0.3 is 0 Å². The normalized spacial score (nSPS) is 12.7. The van der Waals surface area contributed by atoms with E-state index in [1.54, 1.807) is 7.11 Å². The number of aliphatic hydroxyl groups is 1. The van der Waals surface area contributed by atoms with E-state index in [2.05, 4.69) is 5.32 Å². The number of methoxy groups -OCH3 is 1. The lowest BCUT2D eigenvalue weighted by Crippen LogP contribution is -2.31. The minimum atomic E-state index is -0.435. The van der Waals surface area contributed by atoms with E-state index in [4.69, 9.17) is 16.3 Å². The van der Waals surface area contributed by atoms with Crippen molar-refractivity contribution in [2.24, 2.45) is 0 Å². The van der Waals surface area contributed by atoms with Crippen LogP contribution < -0.4 is 5.32 Å². The molecule has 0 aromatic heterocycles. The summed E-state index contributed by atoms with van der Waals surface area (Å²) in [7, 11) is 1.58. The number of halogens is 1. The van der Waals surface area contributed by atoms with Gasteiger partial charge in [0.2, 0.25) is 0 Å². The Morgan fingerprint density at radius 2 is 2.06 bits per heavy atom. The number of nitrogens with one attached hydrogen (secondary N) is 1. The van der Waals surface area contributed by atoms with Gasteiger partial charge in [-0.15, -0.1) is 0 Å². The molecule has 1 rings (SSSR count). The van der Waals surface area contributed by atoms with Crippen LogP contribution >= 0.6 is 11.6 Å². The number of aliphatic hydroxyl groups excluding tert-OH is 1. The SMILES string of the molecule is COCC(O)CNCCc1ccc(Cl)cc1. The molecule has 1 unspecified atom stereocenters. The molecule has 0 aliphatic carbocycles. The van der Waals surface area contributed by atoms with Crippen LogP contribution in [0.3, 0.4) is 0 Å². The summed E-state index contributed by atoms with van der Waals surface area (Å²) in [6.07, 6.45) is 0.492. The minimum absolute atomic E-state index is 0.369. The predicted octanol–water partition coefficient (Wildman–Crippen LogP) is 1.48. The fourth-order valence-corrected chi connectivity index (χ4v) is 1.53. The first kappa shape index (κ1) is 13.5. The summed E-state index contributed by atoms with van der Waals surface area (Å²) >= 11 is 5.79. The lowest BCUT2D eigenvalue weighted by Gasteiger charge is -2.10. The van der Waals surface area contributed by atoms with Crippen LogP contribution in [-0.2, 0) is 11.2 Å². The zero-order valence-corrected chi connectivity index (χ0v) is 10.2. The molecule has 0 amide bonds. The van der Waals surface area contributed by atoms with Crippen LogP contribution in [0.1, 0.15) is 5.56 Å². The van der Waals surface area contributed by atoms with Crippen LogP contribution in [0.15, 0.2) is 24.3 Å². The number of hydrogen-bond donors (Lipinski definition) is 2. The predicted molar refractivity (Wildman–Crippen MR) is 65.9 cm³/mol. The van der Waals surface area contributed by atoms with Crippen LogP contribution in [0.25, 0.3) is 0 Å². The molecule has 0 saturated carbocycles. The molecule has 0 radical (unpaired) electrons. The van der Waals surface area contributed by atoms with Gasteiger partial charge in [0.1, 0.15) is 0 Å². The maximum absolute atomic E-state index is 9.38. The summed E-state index contributed by atoms with van der Waals surface area (Å²) < 4.78 is 4.83. The fraction of sp³-hybridized carbons (Fsp3) is 0.500. The summed E-state index contributed by atoms with van der Waals surface area (Å²) in [5.41, 5.74) is 1.23. The van der Waals surface area contributed by atoms with Crippen molar-refractivity contribution >= 4 is 11.6 Å². The highest BCUT2D eigenvalue weighted by atomic mass is 35.5. The summed E-state index contributed by atoms with van der Waals surface area (Å²) in [6, 6.07) is 7.79. The Morgan fingerprint density at radius 3 is 2.69 bits per heavy atom. The minimum Gasteiger partial charge on any atom is -0.389 e.